The Morgan fingerprint density at radius 3 is 2.62 bits per heavy atom. The van der Waals surface area contributed by atoms with Crippen molar-refractivity contribution in [3.63, 3.8) is 0 Å². The molecule has 0 unspecified atom stereocenters. The van der Waals surface area contributed by atoms with Gasteiger partial charge in [0.05, 0.1) is 22.4 Å². The quantitative estimate of drug-likeness (QED) is 0.857. The fourth-order valence-corrected chi connectivity index (χ4v) is 3.10. The smallest absolute Gasteiger partial charge is 0.251 e. The van der Waals surface area contributed by atoms with Gasteiger partial charge in [-0.3, -0.25) is 4.79 Å². The van der Waals surface area contributed by atoms with E-state index in [0.29, 0.717) is 12.1 Å². The fourth-order valence-electron chi connectivity index (χ4n) is 3.10. The Hall–Kier alpha value is -2.01. The normalized spacial score (nSPS) is 15.6. The number of hydrogen-bond acceptors (Lipinski definition) is 4. The third-order valence-electron chi connectivity index (χ3n) is 4.75. The molecule has 128 valence electrons. The second-order valence-electron chi connectivity index (χ2n) is 6.55. The number of hydrogen-bond donors (Lipinski definition) is 1. The lowest BCUT2D eigenvalue weighted by Gasteiger charge is -2.21. The molecule has 0 saturated carbocycles. The summed E-state index contributed by atoms with van der Waals surface area (Å²) in [6.07, 6.45) is 4.47. The molecular formula is C19H25N3O2. The van der Waals surface area contributed by atoms with Crippen LogP contribution in [0.2, 0.25) is 0 Å². The molecule has 0 bridgehead atoms. The summed E-state index contributed by atoms with van der Waals surface area (Å²) in [5.74, 6) is 0.710. The van der Waals surface area contributed by atoms with E-state index in [2.05, 4.69) is 15.3 Å². The van der Waals surface area contributed by atoms with Crippen LogP contribution in [0.15, 0.2) is 18.2 Å². The highest BCUT2D eigenvalue weighted by atomic mass is 16.5. The van der Waals surface area contributed by atoms with Crippen LogP contribution in [0.5, 0.6) is 0 Å². The number of carbonyl (C=O) groups is 1. The molecule has 5 heteroatoms. The van der Waals surface area contributed by atoms with Crippen LogP contribution in [-0.2, 0) is 4.74 Å². The zero-order valence-electron chi connectivity index (χ0n) is 14.5. The topological polar surface area (TPSA) is 64.1 Å². The molecule has 1 aromatic heterocycles. The monoisotopic (exact) mass is 327 g/mol. The Morgan fingerprint density at radius 2 is 1.88 bits per heavy atom. The average Bonchev–Trinajstić information content (AvgIpc) is 2.60. The molecular weight excluding hydrogens is 302 g/mol. The second-order valence-corrected chi connectivity index (χ2v) is 6.55. The Morgan fingerprint density at radius 1 is 1.17 bits per heavy atom. The third kappa shape index (κ3) is 4.09. The molecule has 0 spiro atoms. The molecule has 5 nitrogen and oxygen atoms in total. The lowest BCUT2D eigenvalue weighted by molar-refractivity contribution is 0.0631. The van der Waals surface area contributed by atoms with Gasteiger partial charge in [0, 0.05) is 25.3 Å². The maximum absolute atomic E-state index is 12.3. The van der Waals surface area contributed by atoms with Crippen LogP contribution < -0.4 is 5.32 Å². The fraction of sp³-hybridized carbons (Fsp3) is 0.526. The SMILES string of the molecule is Cc1nc2ccc(C(=O)NCCCC3CCOCC3)cc2nc1C. The standard InChI is InChI=1S/C19H25N3O2/c1-13-14(2)22-18-12-16(5-6-17(18)21-13)19(23)20-9-3-4-15-7-10-24-11-8-15/h5-6,12,15H,3-4,7-11H2,1-2H3,(H,20,23). The van der Waals surface area contributed by atoms with Gasteiger partial charge in [-0.2, -0.15) is 0 Å². The molecule has 1 fully saturated rings. The Bertz CT molecular complexity index is 724. The predicted octanol–water partition coefficient (Wildman–Crippen LogP) is 3.18. The van der Waals surface area contributed by atoms with E-state index in [4.69, 9.17) is 4.74 Å². The molecule has 0 aliphatic carbocycles. The van der Waals surface area contributed by atoms with E-state index in [0.717, 1.165) is 67.2 Å². The van der Waals surface area contributed by atoms with Crippen molar-refractivity contribution < 1.29 is 9.53 Å². The van der Waals surface area contributed by atoms with Gasteiger partial charge in [-0.05, 0) is 63.6 Å². The highest BCUT2D eigenvalue weighted by Crippen LogP contribution is 2.19. The van der Waals surface area contributed by atoms with E-state index in [-0.39, 0.29) is 5.91 Å². The first kappa shape index (κ1) is 16.8. The van der Waals surface area contributed by atoms with Crippen molar-refractivity contribution in [1.29, 1.82) is 0 Å². The first-order chi connectivity index (χ1) is 11.6. The molecule has 1 saturated heterocycles. The molecule has 1 aliphatic heterocycles. The highest BCUT2D eigenvalue weighted by Gasteiger charge is 2.13. The molecule has 1 aromatic carbocycles. The van der Waals surface area contributed by atoms with Crippen molar-refractivity contribution in [1.82, 2.24) is 15.3 Å². The number of carbonyl (C=O) groups excluding carboxylic acids is 1. The van der Waals surface area contributed by atoms with Gasteiger partial charge in [-0.1, -0.05) is 0 Å². The number of fused-ring (bicyclic) bond motifs is 1. The van der Waals surface area contributed by atoms with Gasteiger partial charge in [0.25, 0.3) is 5.91 Å². The Labute approximate surface area is 142 Å². The summed E-state index contributed by atoms with van der Waals surface area (Å²) in [6.45, 7) is 6.36. The summed E-state index contributed by atoms with van der Waals surface area (Å²) in [4.78, 5) is 21.3. The molecule has 2 heterocycles. The average molecular weight is 327 g/mol. The van der Waals surface area contributed by atoms with E-state index in [1.807, 2.05) is 32.0 Å². The van der Waals surface area contributed by atoms with Crippen LogP contribution >= 0.6 is 0 Å². The molecule has 1 aliphatic rings. The van der Waals surface area contributed by atoms with E-state index < -0.39 is 0 Å². The van der Waals surface area contributed by atoms with Crippen molar-refractivity contribution in [3.8, 4) is 0 Å². The van der Waals surface area contributed by atoms with Gasteiger partial charge in [0.2, 0.25) is 0 Å². The van der Waals surface area contributed by atoms with E-state index >= 15 is 0 Å². The number of nitrogens with zero attached hydrogens (tertiary/aromatic N) is 2. The van der Waals surface area contributed by atoms with Crippen LogP contribution in [0, 0.1) is 19.8 Å². The van der Waals surface area contributed by atoms with Gasteiger partial charge in [-0.15, -0.1) is 0 Å². The largest absolute Gasteiger partial charge is 0.381 e. The molecule has 24 heavy (non-hydrogen) atoms. The number of aryl methyl sites for hydroxylation is 2. The highest BCUT2D eigenvalue weighted by molar-refractivity contribution is 5.97. The number of nitrogens with one attached hydrogen (secondary N) is 1. The molecule has 0 atom stereocenters. The molecule has 0 radical (unpaired) electrons. The third-order valence-corrected chi connectivity index (χ3v) is 4.75. The van der Waals surface area contributed by atoms with Crippen LogP contribution in [-0.4, -0.2) is 35.6 Å². The van der Waals surface area contributed by atoms with Crippen molar-refractivity contribution in [2.75, 3.05) is 19.8 Å². The number of ether oxygens (including phenoxy) is 1. The lowest BCUT2D eigenvalue weighted by Crippen LogP contribution is -2.25. The van der Waals surface area contributed by atoms with Gasteiger partial charge in [0.1, 0.15) is 0 Å². The zero-order valence-corrected chi connectivity index (χ0v) is 14.5. The summed E-state index contributed by atoms with van der Waals surface area (Å²) in [7, 11) is 0. The van der Waals surface area contributed by atoms with Gasteiger partial charge < -0.3 is 10.1 Å². The second kappa shape index (κ2) is 7.71. The van der Waals surface area contributed by atoms with Crippen molar-refractivity contribution in [2.24, 2.45) is 5.92 Å². The molecule has 3 rings (SSSR count). The maximum atomic E-state index is 12.3. The number of benzene rings is 1. The van der Waals surface area contributed by atoms with Crippen LogP contribution in [0.4, 0.5) is 0 Å². The van der Waals surface area contributed by atoms with Gasteiger partial charge in [-0.25, -0.2) is 9.97 Å². The van der Waals surface area contributed by atoms with Crippen LogP contribution in [0.3, 0.4) is 0 Å². The van der Waals surface area contributed by atoms with E-state index in [1.54, 1.807) is 0 Å². The van der Waals surface area contributed by atoms with Gasteiger partial charge >= 0.3 is 0 Å². The first-order valence-corrected chi connectivity index (χ1v) is 8.74. The van der Waals surface area contributed by atoms with Crippen molar-refractivity contribution >= 4 is 16.9 Å². The van der Waals surface area contributed by atoms with Crippen molar-refractivity contribution in [3.05, 3.63) is 35.2 Å². The summed E-state index contributed by atoms with van der Waals surface area (Å²) in [5.41, 5.74) is 4.07. The Kier molecular flexibility index (Phi) is 5.41. The lowest BCUT2D eigenvalue weighted by atomic mass is 9.95. The summed E-state index contributed by atoms with van der Waals surface area (Å²) in [5, 5.41) is 3.01. The predicted molar refractivity (Wildman–Crippen MR) is 94.1 cm³/mol. The van der Waals surface area contributed by atoms with Crippen LogP contribution in [0.25, 0.3) is 11.0 Å². The number of amides is 1. The minimum absolute atomic E-state index is 0.0381. The molecule has 1 N–H and O–H groups in total. The van der Waals surface area contributed by atoms with Crippen molar-refractivity contribution in [2.45, 2.75) is 39.5 Å². The van der Waals surface area contributed by atoms with E-state index in [1.165, 1.54) is 0 Å². The summed E-state index contributed by atoms with van der Waals surface area (Å²) < 4.78 is 5.37. The molecule has 1 amide bonds. The maximum Gasteiger partial charge on any atom is 0.251 e. The first-order valence-electron chi connectivity index (χ1n) is 8.74. The Balaban J connectivity index is 1.54. The van der Waals surface area contributed by atoms with Gasteiger partial charge in [0.15, 0.2) is 0 Å². The zero-order chi connectivity index (χ0) is 16.9. The minimum atomic E-state index is -0.0381. The number of rotatable bonds is 5. The number of aromatic nitrogens is 2. The molecule has 2 aromatic rings. The minimum Gasteiger partial charge on any atom is -0.381 e. The van der Waals surface area contributed by atoms with Crippen LogP contribution in [0.1, 0.15) is 47.4 Å². The summed E-state index contributed by atoms with van der Waals surface area (Å²) in [6, 6.07) is 5.51. The summed E-state index contributed by atoms with van der Waals surface area (Å²) >= 11 is 0. The van der Waals surface area contributed by atoms with E-state index in [9.17, 15) is 4.79 Å².